The summed E-state index contributed by atoms with van der Waals surface area (Å²) in [5, 5.41) is 6.66. The number of hydrogen-bond donors (Lipinski definition) is 2. The summed E-state index contributed by atoms with van der Waals surface area (Å²) in [6, 6.07) is 13.5. The quantitative estimate of drug-likeness (QED) is 0.690. The van der Waals surface area contributed by atoms with Crippen molar-refractivity contribution in [1.82, 2.24) is 5.16 Å². The summed E-state index contributed by atoms with van der Waals surface area (Å²) >= 11 is 5.79. The number of nitrogens with zero attached hydrogens (tertiary/aromatic N) is 1. The standard InChI is InChI=1S/C17H14ClN3O4S/c1-11-10-16(20-25-11)19-17(22)14-4-2-3-5-15(14)21-26(23,24)13-8-6-12(18)7-9-13/h2-10,21H,1H3,(H,19,20,22). The molecule has 0 bridgehead atoms. The monoisotopic (exact) mass is 391 g/mol. The highest BCUT2D eigenvalue weighted by Crippen LogP contribution is 2.22. The van der Waals surface area contributed by atoms with Crippen molar-refractivity contribution in [2.45, 2.75) is 11.8 Å². The van der Waals surface area contributed by atoms with Crippen molar-refractivity contribution < 1.29 is 17.7 Å². The molecule has 0 saturated carbocycles. The fraction of sp³-hybridized carbons (Fsp3) is 0.0588. The van der Waals surface area contributed by atoms with E-state index in [-0.39, 0.29) is 22.0 Å². The van der Waals surface area contributed by atoms with Gasteiger partial charge in [-0.15, -0.1) is 0 Å². The molecule has 0 aliphatic heterocycles. The molecule has 0 saturated heterocycles. The molecular weight excluding hydrogens is 378 g/mol. The highest BCUT2D eigenvalue weighted by Gasteiger charge is 2.19. The van der Waals surface area contributed by atoms with Gasteiger partial charge in [-0.05, 0) is 43.3 Å². The third kappa shape index (κ3) is 4.04. The van der Waals surface area contributed by atoms with Gasteiger partial charge in [-0.25, -0.2) is 8.42 Å². The van der Waals surface area contributed by atoms with Crippen LogP contribution < -0.4 is 10.0 Å². The number of halogens is 1. The van der Waals surface area contributed by atoms with Gasteiger partial charge in [0.25, 0.3) is 15.9 Å². The SMILES string of the molecule is Cc1cc(NC(=O)c2ccccc2NS(=O)(=O)c2ccc(Cl)cc2)no1. The lowest BCUT2D eigenvalue weighted by Crippen LogP contribution is -2.18. The zero-order valence-corrected chi connectivity index (χ0v) is 15.1. The van der Waals surface area contributed by atoms with Gasteiger partial charge < -0.3 is 9.84 Å². The minimum atomic E-state index is -3.88. The second-order valence-corrected chi connectivity index (χ2v) is 7.50. The lowest BCUT2D eigenvalue weighted by atomic mass is 10.1. The Kier molecular flexibility index (Phi) is 4.97. The highest BCUT2D eigenvalue weighted by molar-refractivity contribution is 7.92. The van der Waals surface area contributed by atoms with Gasteiger partial charge in [0, 0.05) is 11.1 Å². The Morgan fingerprint density at radius 2 is 1.81 bits per heavy atom. The van der Waals surface area contributed by atoms with Gasteiger partial charge in [0.05, 0.1) is 16.1 Å². The molecule has 134 valence electrons. The van der Waals surface area contributed by atoms with Crippen LogP contribution in [-0.2, 0) is 10.0 Å². The summed E-state index contributed by atoms with van der Waals surface area (Å²) in [6.07, 6.45) is 0. The first-order valence-corrected chi connectivity index (χ1v) is 9.33. The van der Waals surface area contributed by atoms with Crippen LogP contribution in [-0.4, -0.2) is 19.5 Å². The van der Waals surface area contributed by atoms with Crippen molar-refractivity contribution in [3.63, 3.8) is 0 Å². The molecule has 0 unspecified atom stereocenters. The number of amides is 1. The Morgan fingerprint density at radius 1 is 1.12 bits per heavy atom. The molecule has 7 nitrogen and oxygen atoms in total. The Labute approximate surface area is 155 Å². The zero-order chi connectivity index (χ0) is 18.7. The number of aryl methyl sites for hydroxylation is 1. The summed E-state index contributed by atoms with van der Waals surface area (Å²) in [4.78, 5) is 12.5. The van der Waals surface area contributed by atoms with E-state index in [9.17, 15) is 13.2 Å². The van der Waals surface area contributed by atoms with Crippen LogP contribution in [0.4, 0.5) is 11.5 Å². The van der Waals surface area contributed by atoms with Crippen LogP contribution in [0.3, 0.4) is 0 Å². The topological polar surface area (TPSA) is 101 Å². The van der Waals surface area contributed by atoms with E-state index >= 15 is 0 Å². The lowest BCUT2D eigenvalue weighted by Gasteiger charge is -2.12. The lowest BCUT2D eigenvalue weighted by molar-refractivity contribution is 0.102. The smallest absolute Gasteiger partial charge is 0.261 e. The molecule has 2 N–H and O–H groups in total. The highest BCUT2D eigenvalue weighted by atomic mass is 35.5. The van der Waals surface area contributed by atoms with Gasteiger partial charge in [-0.2, -0.15) is 0 Å². The number of para-hydroxylation sites is 1. The average Bonchev–Trinajstić information content (AvgIpc) is 3.00. The molecule has 26 heavy (non-hydrogen) atoms. The predicted octanol–water partition coefficient (Wildman–Crippen LogP) is 3.69. The molecule has 1 aromatic heterocycles. The molecule has 0 spiro atoms. The van der Waals surface area contributed by atoms with Crippen molar-refractivity contribution in [3.05, 3.63) is 70.9 Å². The van der Waals surface area contributed by atoms with Crippen LogP contribution in [0.1, 0.15) is 16.1 Å². The minimum Gasteiger partial charge on any atom is -0.360 e. The van der Waals surface area contributed by atoms with Crippen LogP contribution in [0.2, 0.25) is 5.02 Å². The molecule has 3 rings (SSSR count). The summed E-state index contributed by atoms with van der Waals surface area (Å²) in [6.45, 7) is 1.69. The summed E-state index contributed by atoms with van der Waals surface area (Å²) in [5.41, 5.74) is 0.283. The fourth-order valence-electron chi connectivity index (χ4n) is 2.20. The first-order valence-electron chi connectivity index (χ1n) is 7.47. The van der Waals surface area contributed by atoms with E-state index < -0.39 is 15.9 Å². The number of carbonyl (C=O) groups is 1. The van der Waals surface area contributed by atoms with E-state index in [1.807, 2.05) is 0 Å². The number of nitrogens with one attached hydrogen (secondary N) is 2. The number of hydrogen-bond acceptors (Lipinski definition) is 5. The molecule has 1 amide bonds. The number of carbonyl (C=O) groups excluding carboxylic acids is 1. The third-order valence-electron chi connectivity index (χ3n) is 3.41. The molecule has 2 aromatic carbocycles. The van der Waals surface area contributed by atoms with Crippen molar-refractivity contribution in [1.29, 1.82) is 0 Å². The van der Waals surface area contributed by atoms with Gasteiger partial charge in [0.15, 0.2) is 5.82 Å². The van der Waals surface area contributed by atoms with E-state index in [0.717, 1.165) is 0 Å². The number of benzene rings is 2. The second-order valence-electron chi connectivity index (χ2n) is 5.38. The number of aromatic nitrogens is 1. The first kappa shape index (κ1) is 18.0. The van der Waals surface area contributed by atoms with E-state index in [2.05, 4.69) is 15.2 Å². The maximum Gasteiger partial charge on any atom is 0.261 e. The maximum absolute atomic E-state index is 12.5. The summed E-state index contributed by atoms with van der Waals surface area (Å²) in [5.74, 6) is 0.257. The maximum atomic E-state index is 12.5. The number of sulfonamides is 1. The molecule has 0 aliphatic carbocycles. The normalized spacial score (nSPS) is 11.2. The van der Waals surface area contributed by atoms with E-state index in [4.69, 9.17) is 16.1 Å². The van der Waals surface area contributed by atoms with Gasteiger partial charge in [0.1, 0.15) is 5.76 Å². The van der Waals surface area contributed by atoms with Crippen molar-refractivity contribution in [3.8, 4) is 0 Å². The molecule has 0 aliphatic rings. The van der Waals surface area contributed by atoms with Crippen LogP contribution in [0, 0.1) is 6.92 Å². The third-order valence-corrected chi connectivity index (χ3v) is 5.04. The van der Waals surface area contributed by atoms with Crippen LogP contribution >= 0.6 is 11.6 Å². The summed E-state index contributed by atoms with van der Waals surface area (Å²) < 4.78 is 32.4. The minimum absolute atomic E-state index is 0.0317. The Morgan fingerprint density at radius 3 is 2.46 bits per heavy atom. The fourth-order valence-corrected chi connectivity index (χ4v) is 3.40. The van der Waals surface area contributed by atoms with E-state index in [0.29, 0.717) is 10.8 Å². The van der Waals surface area contributed by atoms with Gasteiger partial charge in [-0.3, -0.25) is 9.52 Å². The second kappa shape index (κ2) is 7.19. The van der Waals surface area contributed by atoms with Crippen molar-refractivity contribution in [2.24, 2.45) is 0 Å². The van der Waals surface area contributed by atoms with Crippen LogP contribution in [0.5, 0.6) is 0 Å². The van der Waals surface area contributed by atoms with Gasteiger partial charge in [0.2, 0.25) is 0 Å². The molecule has 0 atom stereocenters. The molecule has 0 fully saturated rings. The first-order chi connectivity index (χ1) is 12.3. The molecule has 1 heterocycles. The molecular formula is C17H14ClN3O4S. The van der Waals surface area contributed by atoms with Crippen molar-refractivity contribution in [2.75, 3.05) is 10.0 Å². The van der Waals surface area contributed by atoms with Gasteiger partial charge in [-0.1, -0.05) is 28.9 Å². The van der Waals surface area contributed by atoms with E-state index in [1.54, 1.807) is 25.1 Å². The van der Waals surface area contributed by atoms with Crippen molar-refractivity contribution >= 4 is 39.0 Å². The predicted molar refractivity (Wildman–Crippen MR) is 97.9 cm³/mol. The van der Waals surface area contributed by atoms with E-state index in [1.165, 1.54) is 36.4 Å². The Bertz CT molecular complexity index is 1050. The van der Waals surface area contributed by atoms with Crippen LogP contribution in [0.15, 0.2) is 64.0 Å². The van der Waals surface area contributed by atoms with Gasteiger partial charge >= 0.3 is 0 Å². The average molecular weight is 392 g/mol. The largest absolute Gasteiger partial charge is 0.360 e. The molecule has 9 heteroatoms. The zero-order valence-electron chi connectivity index (χ0n) is 13.6. The van der Waals surface area contributed by atoms with Crippen LogP contribution in [0.25, 0.3) is 0 Å². The number of anilines is 2. The Hall–Kier alpha value is -2.84. The molecule has 0 radical (unpaired) electrons. The number of rotatable bonds is 5. The molecule has 3 aromatic rings. The summed E-state index contributed by atoms with van der Waals surface area (Å²) in [7, 11) is -3.88. The Balaban J connectivity index is 1.87.